The van der Waals surface area contributed by atoms with Crippen molar-refractivity contribution in [3.63, 3.8) is 0 Å². The summed E-state index contributed by atoms with van der Waals surface area (Å²) < 4.78 is 0. The van der Waals surface area contributed by atoms with Crippen molar-refractivity contribution >= 4 is 29.2 Å². The number of anilines is 2. The van der Waals surface area contributed by atoms with Gasteiger partial charge in [0.1, 0.15) is 0 Å². The van der Waals surface area contributed by atoms with Crippen LogP contribution in [0.25, 0.3) is 22.8 Å². The van der Waals surface area contributed by atoms with Crippen LogP contribution in [0.1, 0.15) is 72.9 Å². The molecule has 6 rings (SSSR count). The standard InChI is InChI=1S/C45H42N2/c1-33(2)39-13-11-15-41(30-39)45(42-16-12-14-40(31-42)34(3)4)29-35-21-25-37(26-22-35)38-27-23-36(24-28-38)32-46-47(43-17-7-5-8-18-43)44-19-9-6-10-20-44/h5-34H,1-4H3/b46-32+. The summed E-state index contributed by atoms with van der Waals surface area (Å²) in [6, 6.07) is 55.9. The second-order valence-electron chi connectivity index (χ2n) is 12.6. The minimum absolute atomic E-state index is 0.474. The molecule has 0 aromatic heterocycles. The Morgan fingerprint density at radius 3 is 1.38 bits per heavy atom. The fourth-order valence-corrected chi connectivity index (χ4v) is 5.71. The topological polar surface area (TPSA) is 15.6 Å². The highest BCUT2D eigenvalue weighted by atomic mass is 15.5. The fourth-order valence-electron chi connectivity index (χ4n) is 5.71. The Bertz CT molecular complexity index is 1860. The van der Waals surface area contributed by atoms with Crippen LogP contribution in [-0.2, 0) is 0 Å². The van der Waals surface area contributed by atoms with Gasteiger partial charge < -0.3 is 0 Å². The van der Waals surface area contributed by atoms with Crippen molar-refractivity contribution in [1.82, 2.24) is 0 Å². The minimum Gasteiger partial charge on any atom is -0.234 e. The van der Waals surface area contributed by atoms with Gasteiger partial charge in [-0.25, -0.2) is 5.01 Å². The second kappa shape index (κ2) is 14.7. The Morgan fingerprint density at radius 2 is 0.936 bits per heavy atom. The van der Waals surface area contributed by atoms with E-state index in [9.17, 15) is 0 Å². The molecule has 232 valence electrons. The van der Waals surface area contributed by atoms with Crippen LogP contribution in [0.2, 0.25) is 0 Å². The first-order valence-corrected chi connectivity index (χ1v) is 16.5. The van der Waals surface area contributed by atoms with E-state index in [1.54, 1.807) is 0 Å². The Labute approximate surface area is 280 Å². The van der Waals surface area contributed by atoms with E-state index >= 15 is 0 Å². The van der Waals surface area contributed by atoms with Crippen LogP contribution in [0.5, 0.6) is 0 Å². The van der Waals surface area contributed by atoms with Gasteiger partial charge in [-0.3, -0.25) is 0 Å². The first-order valence-electron chi connectivity index (χ1n) is 16.5. The Balaban J connectivity index is 1.26. The smallest absolute Gasteiger partial charge is 0.0652 e. The minimum atomic E-state index is 0.474. The highest BCUT2D eigenvalue weighted by Crippen LogP contribution is 2.31. The summed E-state index contributed by atoms with van der Waals surface area (Å²) >= 11 is 0. The van der Waals surface area contributed by atoms with Gasteiger partial charge in [-0.1, -0.05) is 161 Å². The third kappa shape index (κ3) is 7.85. The van der Waals surface area contributed by atoms with E-state index in [2.05, 4.69) is 155 Å². The SMILES string of the molecule is CC(C)c1cccc(C(=Cc2ccc(-c3ccc(/C=N/N(c4ccccc4)c4ccccc4)cc3)cc2)c2cccc(C(C)C)c2)c1. The van der Waals surface area contributed by atoms with Crippen LogP contribution in [-0.4, -0.2) is 6.21 Å². The molecule has 47 heavy (non-hydrogen) atoms. The molecular formula is C45H42N2. The van der Waals surface area contributed by atoms with Crippen molar-refractivity contribution in [2.24, 2.45) is 5.10 Å². The molecule has 0 atom stereocenters. The van der Waals surface area contributed by atoms with Gasteiger partial charge in [-0.2, -0.15) is 5.10 Å². The van der Waals surface area contributed by atoms with Crippen LogP contribution < -0.4 is 5.01 Å². The third-order valence-corrected chi connectivity index (χ3v) is 8.52. The largest absolute Gasteiger partial charge is 0.234 e. The van der Waals surface area contributed by atoms with Gasteiger partial charge in [-0.05, 0) is 92.3 Å². The van der Waals surface area contributed by atoms with Crippen molar-refractivity contribution in [2.45, 2.75) is 39.5 Å². The summed E-state index contributed by atoms with van der Waals surface area (Å²) in [4.78, 5) is 0. The van der Waals surface area contributed by atoms with E-state index in [1.807, 2.05) is 47.6 Å². The lowest BCUT2D eigenvalue weighted by atomic mass is 9.90. The molecule has 0 aliphatic rings. The molecule has 0 unspecified atom stereocenters. The molecule has 0 saturated carbocycles. The van der Waals surface area contributed by atoms with Crippen LogP contribution in [0.3, 0.4) is 0 Å². The van der Waals surface area contributed by atoms with Gasteiger partial charge in [0.2, 0.25) is 0 Å². The third-order valence-electron chi connectivity index (χ3n) is 8.52. The fraction of sp³-hybridized carbons (Fsp3) is 0.133. The van der Waals surface area contributed by atoms with Gasteiger partial charge in [0.05, 0.1) is 17.6 Å². The first-order chi connectivity index (χ1) is 22.9. The number of nitrogens with zero attached hydrogens (tertiary/aromatic N) is 2. The lowest BCUT2D eigenvalue weighted by Gasteiger charge is -2.19. The van der Waals surface area contributed by atoms with Crippen molar-refractivity contribution < 1.29 is 0 Å². The zero-order valence-corrected chi connectivity index (χ0v) is 27.7. The molecule has 6 aromatic rings. The molecule has 0 aliphatic heterocycles. The monoisotopic (exact) mass is 610 g/mol. The first kappa shape index (κ1) is 31.5. The summed E-state index contributed by atoms with van der Waals surface area (Å²) in [6.45, 7) is 9.02. The molecule has 0 bridgehead atoms. The van der Waals surface area contributed by atoms with E-state index in [4.69, 9.17) is 5.10 Å². The molecule has 0 spiro atoms. The predicted octanol–water partition coefficient (Wildman–Crippen LogP) is 12.4. The molecule has 2 heteroatoms. The summed E-state index contributed by atoms with van der Waals surface area (Å²) in [6.07, 6.45) is 4.25. The van der Waals surface area contributed by atoms with Gasteiger partial charge in [0.15, 0.2) is 0 Å². The number of rotatable bonds is 10. The Morgan fingerprint density at radius 1 is 0.489 bits per heavy atom. The number of para-hydroxylation sites is 2. The molecule has 0 radical (unpaired) electrons. The van der Waals surface area contributed by atoms with Crippen molar-refractivity contribution in [3.8, 4) is 11.1 Å². The lowest BCUT2D eigenvalue weighted by molar-refractivity contribution is 0.865. The average Bonchev–Trinajstić information content (AvgIpc) is 3.12. The Hall–Kier alpha value is -5.47. The van der Waals surface area contributed by atoms with E-state index in [-0.39, 0.29) is 0 Å². The Kier molecular flexibility index (Phi) is 9.89. The van der Waals surface area contributed by atoms with Crippen LogP contribution >= 0.6 is 0 Å². The molecule has 0 fully saturated rings. The number of hydrazone groups is 1. The van der Waals surface area contributed by atoms with E-state index in [1.165, 1.54) is 44.5 Å². The summed E-state index contributed by atoms with van der Waals surface area (Å²) in [5.74, 6) is 0.948. The molecule has 0 aliphatic carbocycles. The van der Waals surface area contributed by atoms with E-state index < -0.39 is 0 Å². The predicted molar refractivity (Wildman–Crippen MR) is 203 cm³/mol. The molecule has 6 aromatic carbocycles. The van der Waals surface area contributed by atoms with Gasteiger partial charge in [0, 0.05) is 0 Å². The normalized spacial score (nSPS) is 11.3. The summed E-state index contributed by atoms with van der Waals surface area (Å²) in [5.41, 5.74) is 13.1. The maximum absolute atomic E-state index is 4.86. The van der Waals surface area contributed by atoms with Crippen molar-refractivity contribution in [1.29, 1.82) is 0 Å². The number of hydrogen-bond donors (Lipinski definition) is 0. The highest BCUT2D eigenvalue weighted by Gasteiger charge is 2.11. The number of benzene rings is 6. The maximum Gasteiger partial charge on any atom is 0.0652 e. The molecule has 2 nitrogen and oxygen atoms in total. The second-order valence-corrected chi connectivity index (χ2v) is 12.6. The molecule has 0 saturated heterocycles. The quantitative estimate of drug-likeness (QED) is 0.0856. The van der Waals surface area contributed by atoms with Crippen molar-refractivity contribution in [2.75, 3.05) is 5.01 Å². The number of hydrogen-bond acceptors (Lipinski definition) is 2. The zero-order chi connectivity index (χ0) is 32.6. The zero-order valence-electron chi connectivity index (χ0n) is 27.7. The molecule has 0 amide bonds. The van der Waals surface area contributed by atoms with Gasteiger partial charge >= 0.3 is 0 Å². The summed E-state index contributed by atoms with van der Waals surface area (Å²) in [5, 5.41) is 6.82. The lowest BCUT2D eigenvalue weighted by Crippen LogP contribution is -2.09. The van der Waals surface area contributed by atoms with Crippen LogP contribution in [0, 0.1) is 0 Å². The van der Waals surface area contributed by atoms with E-state index in [0.29, 0.717) is 11.8 Å². The maximum atomic E-state index is 4.86. The van der Waals surface area contributed by atoms with E-state index in [0.717, 1.165) is 16.9 Å². The average molecular weight is 611 g/mol. The van der Waals surface area contributed by atoms with Gasteiger partial charge in [0.25, 0.3) is 0 Å². The summed E-state index contributed by atoms with van der Waals surface area (Å²) in [7, 11) is 0. The molecule has 0 heterocycles. The van der Waals surface area contributed by atoms with Crippen LogP contribution in [0.4, 0.5) is 11.4 Å². The van der Waals surface area contributed by atoms with Gasteiger partial charge in [-0.15, -0.1) is 0 Å². The van der Waals surface area contributed by atoms with Crippen LogP contribution in [0.15, 0.2) is 163 Å². The van der Waals surface area contributed by atoms with Crippen molar-refractivity contribution in [3.05, 3.63) is 191 Å². The highest BCUT2D eigenvalue weighted by molar-refractivity contribution is 5.92. The molecular weight excluding hydrogens is 569 g/mol. The molecule has 0 N–H and O–H groups in total.